The van der Waals surface area contributed by atoms with Crippen molar-refractivity contribution in [2.75, 3.05) is 12.4 Å². The lowest BCUT2D eigenvalue weighted by molar-refractivity contribution is 0.101. The van der Waals surface area contributed by atoms with E-state index in [-0.39, 0.29) is 11.6 Å². The summed E-state index contributed by atoms with van der Waals surface area (Å²) in [4.78, 5) is 16.6. The van der Waals surface area contributed by atoms with Gasteiger partial charge in [-0.2, -0.15) is 8.78 Å². The smallest absolute Gasteiger partial charge is 0.261 e. The zero-order valence-electron chi connectivity index (χ0n) is 15.6. The molecule has 31 heavy (non-hydrogen) atoms. The van der Waals surface area contributed by atoms with E-state index in [4.69, 9.17) is 16.0 Å². The average Bonchev–Trinajstić information content (AvgIpc) is 3.16. The van der Waals surface area contributed by atoms with Gasteiger partial charge in [0.15, 0.2) is 23.0 Å². The number of fused-ring (bicyclic) bond motifs is 1. The number of ether oxygens (including phenoxy) is 1. The molecule has 1 heterocycles. The second kappa shape index (κ2) is 7.92. The number of aromatic nitrogens is 1. The molecule has 0 saturated heterocycles. The fraction of sp³-hybridized carbons (Fsp3) is 0.0476. The van der Waals surface area contributed by atoms with Crippen LogP contribution < -0.4 is 10.1 Å². The van der Waals surface area contributed by atoms with E-state index in [2.05, 4.69) is 15.0 Å². The molecular formula is C21H11ClF4N2O3. The average molecular weight is 451 g/mol. The van der Waals surface area contributed by atoms with Crippen molar-refractivity contribution in [1.29, 1.82) is 0 Å². The number of hydrogen-bond acceptors (Lipinski definition) is 4. The van der Waals surface area contributed by atoms with Crippen LogP contribution in [0.1, 0.15) is 10.4 Å². The highest BCUT2D eigenvalue weighted by atomic mass is 35.5. The summed E-state index contributed by atoms with van der Waals surface area (Å²) in [7, 11) is 0.840. The summed E-state index contributed by atoms with van der Waals surface area (Å²) in [5.74, 6) is -9.69. The van der Waals surface area contributed by atoms with E-state index in [0.29, 0.717) is 21.7 Å². The van der Waals surface area contributed by atoms with Gasteiger partial charge in [-0.1, -0.05) is 11.6 Å². The molecule has 0 saturated carbocycles. The summed E-state index contributed by atoms with van der Waals surface area (Å²) >= 11 is 5.92. The second-order valence-electron chi connectivity index (χ2n) is 6.33. The Balaban J connectivity index is 1.60. The number of hydrogen-bond donors (Lipinski definition) is 1. The molecule has 4 rings (SSSR count). The van der Waals surface area contributed by atoms with E-state index >= 15 is 0 Å². The number of oxazole rings is 1. The Morgan fingerprint density at radius 1 is 1.00 bits per heavy atom. The number of methoxy groups -OCH3 is 1. The number of nitrogens with one attached hydrogen (secondary N) is 1. The summed E-state index contributed by atoms with van der Waals surface area (Å²) in [5.41, 5.74) is 0.323. The highest BCUT2D eigenvalue weighted by molar-refractivity contribution is 6.31. The standard InChI is InChI=1S/C21H11ClF4N2O3/c1-30-19-17(25)15(23)14(16(24)18(19)26)20(29)27-11-5-2-9(3-6-11)21-28-12-8-10(22)4-7-13(12)31-21/h2-8H,1H3,(H,27,29). The Labute approximate surface area is 177 Å². The third kappa shape index (κ3) is 3.68. The van der Waals surface area contributed by atoms with Gasteiger partial charge in [-0.05, 0) is 42.5 Å². The van der Waals surface area contributed by atoms with Crippen LogP contribution in [0.15, 0.2) is 46.9 Å². The van der Waals surface area contributed by atoms with E-state index in [0.717, 1.165) is 7.11 Å². The Morgan fingerprint density at radius 3 is 2.26 bits per heavy atom. The summed E-state index contributed by atoms with van der Waals surface area (Å²) in [6, 6.07) is 10.8. The van der Waals surface area contributed by atoms with Crippen LogP contribution in [0.5, 0.6) is 5.75 Å². The van der Waals surface area contributed by atoms with Crippen molar-refractivity contribution in [3.8, 4) is 17.2 Å². The molecule has 0 aliphatic carbocycles. The van der Waals surface area contributed by atoms with Gasteiger partial charge in [0.2, 0.25) is 17.5 Å². The molecule has 0 unspecified atom stereocenters. The van der Waals surface area contributed by atoms with Gasteiger partial charge in [0.1, 0.15) is 11.1 Å². The van der Waals surface area contributed by atoms with Crippen LogP contribution in [0, 0.1) is 23.3 Å². The monoisotopic (exact) mass is 450 g/mol. The number of amides is 1. The van der Waals surface area contributed by atoms with Gasteiger partial charge < -0.3 is 14.5 Å². The molecule has 0 radical (unpaired) electrons. The van der Waals surface area contributed by atoms with E-state index in [1.807, 2.05) is 0 Å². The molecule has 158 valence electrons. The summed E-state index contributed by atoms with van der Waals surface area (Å²) in [5, 5.41) is 2.68. The molecule has 10 heteroatoms. The lowest BCUT2D eigenvalue weighted by Crippen LogP contribution is -2.18. The third-order valence-electron chi connectivity index (χ3n) is 4.39. The largest absolute Gasteiger partial charge is 0.491 e. The number of anilines is 1. The van der Waals surface area contributed by atoms with Crippen LogP contribution in [-0.4, -0.2) is 18.0 Å². The second-order valence-corrected chi connectivity index (χ2v) is 6.76. The van der Waals surface area contributed by atoms with Crippen LogP contribution in [0.25, 0.3) is 22.6 Å². The fourth-order valence-electron chi connectivity index (χ4n) is 2.90. The Kier molecular flexibility index (Phi) is 5.28. The van der Waals surface area contributed by atoms with Crippen molar-refractivity contribution in [3.63, 3.8) is 0 Å². The van der Waals surface area contributed by atoms with Crippen molar-refractivity contribution in [3.05, 3.63) is 76.3 Å². The summed E-state index contributed by atoms with van der Waals surface area (Å²) < 4.78 is 65.8. The van der Waals surface area contributed by atoms with Crippen LogP contribution in [0.3, 0.4) is 0 Å². The Hall–Kier alpha value is -3.59. The van der Waals surface area contributed by atoms with E-state index in [1.54, 1.807) is 18.2 Å². The van der Waals surface area contributed by atoms with E-state index in [9.17, 15) is 22.4 Å². The van der Waals surface area contributed by atoms with Gasteiger partial charge in [-0.15, -0.1) is 0 Å². The highest BCUT2D eigenvalue weighted by Gasteiger charge is 2.30. The van der Waals surface area contributed by atoms with Crippen LogP contribution >= 0.6 is 11.6 Å². The first-order valence-electron chi connectivity index (χ1n) is 8.68. The Bertz CT molecular complexity index is 1290. The van der Waals surface area contributed by atoms with E-state index < -0.39 is 40.5 Å². The summed E-state index contributed by atoms with van der Waals surface area (Å²) in [6.45, 7) is 0. The van der Waals surface area contributed by atoms with Crippen LogP contribution in [-0.2, 0) is 0 Å². The molecule has 0 atom stereocenters. The van der Waals surface area contributed by atoms with Crippen molar-refractivity contribution in [2.24, 2.45) is 0 Å². The molecule has 3 aromatic carbocycles. The fourth-order valence-corrected chi connectivity index (χ4v) is 3.07. The molecule has 4 aromatic rings. The maximum absolute atomic E-state index is 14.1. The first-order chi connectivity index (χ1) is 14.8. The first-order valence-corrected chi connectivity index (χ1v) is 9.05. The minimum absolute atomic E-state index is 0.114. The van der Waals surface area contributed by atoms with Crippen molar-refractivity contribution in [2.45, 2.75) is 0 Å². The van der Waals surface area contributed by atoms with Crippen molar-refractivity contribution in [1.82, 2.24) is 4.98 Å². The molecule has 0 spiro atoms. The molecule has 1 N–H and O–H groups in total. The molecular weight excluding hydrogens is 440 g/mol. The van der Waals surface area contributed by atoms with Crippen molar-refractivity contribution >= 4 is 34.3 Å². The van der Waals surface area contributed by atoms with Gasteiger partial charge in [0.05, 0.1) is 7.11 Å². The van der Waals surface area contributed by atoms with Gasteiger partial charge in [-0.3, -0.25) is 4.79 Å². The number of rotatable bonds is 4. The van der Waals surface area contributed by atoms with Gasteiger partial charge in [-0.25, -0.2) is 13.8 Å². The van der Waals surface area contributed by atoms with Gasteiger partial charge in [0, 0.05) is 16.3 Å². The number of nitrogens with zero attached hydrogens (tertiary/aromatic N) is 1. The summed E-state index contributed by atoms with van der Waals surface area (Å²) in [6.07, 6.45) is 0. The Morgan fingerprint density at radius 2 is 1.65 bits per heavy atom. The maximum atomic E-state index is 14.1. The first kappa shape index (κ1) is 20.7. The SMILES string of the molecule is COc1c(F)c(F)c(C(=O)Nc2ccc(-c3nc4cc(Cl)ccc4o3)cc2)c(F)c1F. The quantitative estimate of drug-likeness (QED) is 0.307. The lowest BCUT2D eigenvalue weighted by atomic mass is 10.1. The highest BCUT2D eigenvalue weighted by Crippen LogP contribution is 2.31. The minimum Gasteiger partial charge on any atom is -0.491 e. The molecule has 0 fully saturated rings. The molecule has 1 amide bonds. The zero-order chi connectivity index (χ0) is 22.3. The number of benzene rings is 3. The molecule has 0 bridgehead atoms. The van der Waals surface area contributed by atoms with Gasteiger partial charge in [0.25, 0.3) is 5.91 Å². The normalized spacial score (nSPS) is 11.0. The number of halogens is 5. The predicted molar refractivity (Wildman–Crippen MR) is 105 cm³/mol. The zero-order valence-corrected chi connectivity index (χ0v) is 16.4. The minimum atomic E-state index is -1.87. The van der Waals surface area contributed by atoms with Crippen LogP contribution in [0.2, 0.25) is 5.02 Å². The molecule has 5 nitrogen and oxygen atoms in total. The molecule has 0 aliphatic rings. The van der Waals surface area contributed by atoms with Crippen molar-refractivity contribution < 1.29 is 31.5 Å². The molecule has 0 aliphatic heterocycles. The van der Waals surface area contributed by atoms with Crippen LogP contribution in [0.4, 0.5) is 23.2 Å². The topological polar surface area (TPSA) is 64.4 Å². The number of carbonyl (C=O) groups excluding carboxylic acids is 1. The number of carbonyl (C=O) groups is 1. The third-order valence-corrected chi connectivity index (χ3v) is 4.63. The van der Waals surface area contributed by atoms with Gasteiger partial charge >= 0.3 is 0 Å². The maximum Gasteiger partial charge on any atom is 0.261 e. The van der Waals surface area contributed by atoms with E-state index in [1.165, 1.54) is 24.3 Å². The lowest BCUT2D eigenvalue weighted by Gasteiger charge is -2.11. The predicted octanol–water partition coefficient (Wildman–Crippen LogP) is 5.97. The molecule has 1 aromatic heterocycles.